The number of benzene rings is 2. The van der Waals surface area contributed by atoms with Crippen LogP contribution in [0.2, 0.25) is 0 Å². The number of thiazole rings is 1. The highest BCUT2D eigenvalue weighted by atomic mass is 32.2. The fourth-order valence-electron chi connectivity index (χ4n) is 2.27. The zero-order valence-electron chi connectivity index (χ0n) is 13.7. The highest BCUT2D eigenvalue weighted by Gasteiger charge is 2.12. The van der Waals surface area contributed by atoms with Gasteiger partial charge in [0.15, 0.2) is 5.13 Å². The van der Waals surface area contributed by atoms with Gasteiger partial charge in [0.2, 0.25) is 0 Å². The van der Waals surface area contributed by atoms with E-state index in [1.54, 1.807) is 23.5 Å². The van der Waals surface area contributed by atoms with E-state index in [0.29, 0.717) is 15.9 Å². The van der Waals surface area contributed by atoms with E-state index in [1.165, 1.54) is 16.2 Å². The van der Waals surface area contributed by atoms with E-state index in [4.69, 9.17) is 0 Å². The van der Waals surface area contributed by atoms with Crippen LogP contribution in [0.4, 0.5) is 5.13 Å². The summed E-state index contributed by atoms with van der Waals surface area (Å²) in [5, 5.41) is 4.07. The van der Waals surface area contributed by atoms with Gasteiger partial charge in [-0.1, -0.05) is 31.3 Å². The molecule has 1 aromatic heterocycles. The van der Waals surface area contributed by atoms with Crippen LogP contribution in [0.5, 0.6) is 0 Å². The molecule has 3 nitrogen and oxygen atoms in total. The Labute approximate surface area is 154 Å². The van der Waals surface area contributed by atoms with E-state index in [-0.39, 0.29) is 5.91 Å². The third-order valence-electron chi connectivity index (χ3n) is 3.31. The topological polar surface area (TPSA) is 42.0 Å². The summed E-state index contributed by atoms with van der Waals surface area (Å²) < 4.78 is 1.08. The second-order valence-corrected chi connectivity index (χ2v) is 9.00. The van der Waals surface area contributed by atoms with Gasteiger partial charge in [0, 0.05) is 20.6 Å². The fourth-order valence-corrected chi connectivity index (χ4v) is 4.62. The van der Waals surface area contributed by atoms with Gasteiger partial charge in [-0.05, 0) is 42.7 Å². The SMILES string of the molecule is CSc1cccc2sc(NC(=O)c3ccc(SC(C)C)cc3)nc12. The van der Waals surface area contributed by atoms with Crippen LogP contribution >= 0.6 is 34.9 Å². The number of thioether (sulfide) groups is 2. The number of hydrogen-bond donors (Lipinski definition) is 1. The highest BCUT2D eigenvalue weighted by Crippen LogP contribution is 2.32. The summed E-state index contributed by atoms with van der Waals surface area (Å²) in [5.74, 6) is -0.124. The molecule has 0 aliphatic rings. The standard InChI is InChI=1S/C18H18N2OS3/c1-11(2)23-13-9-7-12(8-10-13)17(21)20-18-19-16-14(22-3)5-4-6-15(16)24-18/h4-11H,1-3H3,(H,19,20,21). The Morgan fingerprint density at radius 2 is 1.92 bits per heavy atom. The molecule has 1 N–H and O–H groups in total. The van der Waals surface area contributed by atoms with E-state index < -0.39 is 0 Å². The highest BCUT2D eigenvalue weighted by molar-refractivity contribution is 8.00. The Hall–Kier alpha value is -1.50. The van der Waals surface area contributed by atoms with Crippen LogP contribution in [0.3, 0.4) is 0 Å². The number of carbonyl (C=O) groups is 1. The molecular weight excluding hydrogens is 356 g/mol. The molecule has 0 radical (unpaired) electrons. The van der Waals surface area contributed by atoms with Crippen molar-refractivity contribution in [2.45, 2.75) is 28.9 Å². The van der Waals surface area contributed by atoms with Gasteiger partial charge in [0.25, 0.3) is 5.91 Å². The number of hydrogen-bond acceptors (Lipinski definition) is 5. The van der Waals surface area contributed by atoms with Crippen molar-refractivity contribution in [3.8, 4) is 0 Å². The molecule has 0 unspecified atom stereocenters. The van der Waals surface area contributed by atoms with Crippen LogP contribution < -0.4 is 5.32 Å². The molecule has 0 aliphatic carbocycles. The Morgan fingerprint density at radius 1 is 1.17 bits per heavy atom. The van der Waals surface area contributed by atoms with Gasteiger partial charge in [0.1, 0.15) is 0 Å². The zero-order chi connectivity index (χ0) is 17.1. The van der Waals surface area contributed by atoms with Gasteiger partial charge in [0.05, 0.1) is 10.2 Å². The minimum atomic E-state index is -0.124. The number of rotatable bonds is 5. The third-order valence-corrected chi connectivity index (χ3v) is 6.03. The first-order chi connectivity index (χ1) is 11.6. The third kappa shape index (κ3) is 3.94. The Balaban J connectivity index is 1.77. The maximum absolute atomic E-state index is 12.4. The molecule has 24 heavy (non-hydrogen) atoms. The molecule has 0 bridgehead atoms. The molecule has 0 aliphatic heterocycles. The first-order valence-electron chi connectivity index (χ1n) is 7.58. The van der Waals surface area contributed by atoms with Gasteiger partial charge >= 0.3 is 0 Å². The summed E-state index contributed by atoms with van der Waals surface area (Å²) in [6.07, 6.45) is 2.03. The normalized spacial score (nSPS) is 11.2. The summed E-state index contributed by atoms with van der Waals surface area (Å²) in [7, 11) is 0. The number of nitrogens with zero attached hydrogens (tertiary/aromatic N) is 1. The Morgan fingerprint density at radius 3 is 2.58 bits per heavy atom. The smallest absolute Gasteiger partial charge is 0.257 e. The number of anilines is 1. The predicted molar refractivity (Wildman–Crippen MR) is 107 cm³/mol. The first-order valence-corrected chi connectivity index (χ1v) is 10.5. The van der Waals surface area contributed by atoms with Crippen molar-refractivity contribution in [2.24, 2.45) is 0 Å². The van der Waals surface area contributed by atoms with Crippen LogP contribution in [0.1, 0.15) is 24.2 Å². The summed E-state index contributed by atoms with van der Waals surface area (Å²) in [5.41, 5.74) is 1.60. The predicted octanol–water partition coefficient (Wildman–Crippen LogP) is 5.77. The maximum atomic E-state index is 12.4. The van der Waals surface area contributed by atoms with Gasteiger partial charge < -0.3 is 0 Å². The molecule has 0 saturated heterocycles. The average Bonchev–Trinajstić information content (AvgIpc) is 2.97. The average molecular weight is 375 g/mol. The Bertz CT molecular complexity index is 856. The minimum Gasteiger partial charge on any atom is -0.298 e. The van der Waals surface area contributed by atoms with E-state index in [9.17, 15) is 4.79 Å². The lowest BCUT2D eigenvalue weighted by Crippen LogP contribution is -2.11. The van der Waals surface area contributed by atoms with Crippen LogP contribution in [-0.4, -0.2) is 22.4 Å². The quantitative estimate of drug-likeness (QED) is 0.576. The minimum absolute atomic E-state index is 0.124. The number of fused-ring (bicyclic) bond motifs is 1. The van der Waals surface area contributed by atoms with E-state index in [2.05, 4.69) is 24.1 Å². The fraction of sp³-hybridized carbons (Fsp3) is 0.222. The van der Waals surface area contributed by atoms with E-state index in [1.807, 2.05) is 48.7 Å². The summed E-state index contributed by atoms with van der Waals surface area (Å²) >= 11 is 4.95. The van der Waals surface area contributed by atoms with Crippen LogP contribution in [0.15, 0.2) is 52.3 Å². The largest absolute Gasteiger partial charge is 0.298 e. The number of amides is 1. The molecule has 3 rings (SSSR count). The van der Waals surface area contributed by atoms with Crippen LogP contribution in [0, 0.1) is 0 Å². The first kappa shape index (κ1) is 17.3. The summed E-state index contributed by atoms with van der Waals surface area (Å²) in [4.78, 5) is 19.3. The Kier molecular flexibility index (Phi) is 5.48. The van der Waals surface area contributed by atoms with E-state index >= 15 is 0 Å². The van der Waals surface area contributed by atoms with Crippen molar-refractivity contribution in [3.05, 3.63) is 48.0 Å². The van der Waals surface area contributed by atoms with Gasteiger partial charge in [-0.3, -0.25) is 10.1 Å². The molecule has 3 aromatic rings. The van der Waals surface area contributed by atoms with E-state index in [0.717, 1.165) is 15.1 Å². The monoisotopic (exact) mass is 374 g/mol. The van der Waals surface area contributed by atoms with Gasteiger partial charge in [-0.2, -0.15) is 0 Å². The van der Waals surface area contributed by atoms with Crippen molar-refractivity contribution in [3.63, 3.8) is 0 Å². The van der Waals surface area contributed by atoms with Crippen molar-refractivity contribution in [1.29, 1.82) is 0 Å². The zero-order valence-corrected chi connectivity index (χ0v) is 16.1. The molecule has 0 spiro atoms. The number of aromatic nitrogens is 1. The molecule has 6 heteroatoms. The lowest BCUT2D eigenvalue weighted by Gasteiger charge is -2.06. The molecule has 1 amide bonds. The second kappa shape index (κ2) is 7.59. The van der Waals surface area contributed by atoms with Crippen LogP contribution in [0.25, 0.3) is 10.2 Å². The lowest BCUT2D eigenvalue weighted by atomic mass is 10.2. The van der Waals surface area contributed by atoms with Crippen molar-refractivity contribution in [1.82, 2.24) is 4.98 Å². The second-order valence-electron chi connectivity index (χ2n) is 5.47. The molecule has 0 fully saturated rings. The molecule has 0 saturated carbocycles. The summed E-state index contributed by atoms with van der Waals surface area (Å²) in [6.45, 7) is 4.31. The van der Waals surface area contributed by atoms with Crippen molar-refractivity contribution >= 4 is 56.1 Å². The summed E-state index contributed by atoms with van der Waals surface area (Å²) in [6, 6.07) is 13.8. The van der Waals surface area contributed by atoms with Gasteiger partial charge in [-0.15, -0.1) is 23.5 Å². The molecule has 1 heterocycles. The lowest BCUT2D eigenvalue weighted by molar-refractivity contribution is 0.102. The van der Waals surface area contributed by atoms with Crippen molar-refractivity contribution < 1.29 is 4.79 Å². The van der Waals surface area contributed by atoms with Crippen molar-refractivity contribution in [2.75, 3.05) is 11.6 Å². The molecule has 0 atom stereocenters. The van der Waals surface area contributed by atoms with Gasteiger partial charge in [-0.25, -0.2) is 4.98 Å². The molecule has 2 aromatic carbocycles. The maximum Gasteiger partial charge on any atom is 0.257 e. The number of carbonyl (C=O) groups excluding carboxylic acids is 1. The number of nitrogens with one attached hydrogen (secondary N) is 1. The molecular formula is C18H18N2OS3. The van der Waals surface area contributed by atoms with Crippen LogP contribution in [-0.2, 0) is 0 Å². The number of para-hydroxylation sites is 1. The molecule has 124 valence electrons.